The SMILES string of the molecule is Cc1onc(-c2ccccc2)c1C(=O)NC1=CCN=C1C(=O)Nc1ccc(F)cc1. The van der Waals surface area contributed by atoms with Gasteiger partial charge in [-0.2, -0.15) is 0 Å². The van der Waals surface area contributed by atoms with E-state index >= 15 is 0 Å². The number of hydrogen-bond acceptors (Lipinski definition) is 5. The molecule has 2 N–H and O–H groups in total. The number of aliphatic imine (C=N–C) groups is 1. The molecular formula is C22H17FN4O3. The average Bonchev–Trinajstić information content (AvgIpc) is 3.37. The topological polar surface area (TPSA) is 96.6 Å². The van der Waals surface area contributed by atoms with Gasteiger partial charge in [0.2, 0.25) is 0 Å². The summed E-state index contributed by atoms with van der Waals surface area (Å²) in [5, 5.41) is 9.37. The number of carbonyl (C=O) groups excluding carboxylic acids is 2. The lowest BCUT2D eigenvalue weighted by Gasteiger charge is -2.10. The number of carbonyl (C=O) groups is 2. The molecule has 2 amide bonds. The van der Waals surface area contributed by atoms with Gasteiger partial charge in [0.15, 0.2) is 0 Å². The van der Waals surface area contributed by atoms with Gasteiger partial charge in [-0.1, -0.05) is 35.5 Å². The summed E-state index contributed by atoms with van der Waals surface area (Å²) in [6, 6.07) is 14.6. The van der Waals surface area contributed by atoms with Crippen LogP contribution in [0, 0.1) is 12.7 Å². The third-order valence-corrected chi connectivity index (χ3v) is 4.50. The molecule has 0 saturated heterocycles. The van der Waals surface area contributed by atoms with Crippen LogP contribution in [-0.2, 0) is 4.79 Å². The van der Waals surface area contributed by atoms with Gasteiger partial charge in [-0.05, 0) is 37.3 Å². The summed E-state index contributed by atoms with van der Waals surface area (Å²) in [4.78, 5) is 29.7. The average molecular weight is 404 g/mol. The van der Waals surface area contributed by atoms with Crippen molar-refractivity contribution in [3.05, 3.63) is 83.5 Å². The molecule has 1 aliphatic rings. The molecule has 8 heteroatoms. The Morgan fingerprint density at radius 1 is 1.00 bits per heavy atom. The van der Waals surface area contributed by atoms with E-state index in [1.807, 2.05) is 30.3 Å². The van der Waals surface area contributed by atoms with Crippen LogP contribution in [0.15, 0.2) is 75.9 Å². The Bertz CT molecular complexity index is 1160. The second-order valence-electron chi connectivity index (χ2n) is 6.55. The van der Waals surface area contributed by atoms with Gasteiger partial charge in [-0.25, -0.2) is 4.39 Å². The standard InChI is InChI=1S/C22H17FN4O3/c1-13-18(19(27-30-13)14-5-3-2-4-6-14)21(28)26-17-11-12-24-20(17)22(29)25-16-9-7-15(23)8-10-16/h2-11H,12H2,1H3,(H,25,29)(H,26,28). The zero-order chi connectivity index (χ0) is 21.1. The summed E-state index contributed by atoms with van der Waals surface area (Å²) in [5.41, 5.74) is 2.23. The first-order valence-corrected chi connectivity index (χ1v) is 9.18. The van der Waals surface area contributed by atoms with Crippen LogP contribution >= 0.6 is 0 Å². The maximum Gasteiger partial charge on any atom is 0.275 e. The Labute approximate surface area is 171 Å². The van der Waals surface area contributed by atoms with Crippen molar-refractivity contribution in [3.8, 4) is 11.3 Å². The molecule has 0 aliphatic carbocycles. The smallest absolute Gasteiger partial charge is 0.275 e. The predicted molar refractivity (Wildman–Crippen MR) is 110 cm³/mol. The lowest BCUT2D eigenvalue weighted by molar-refractivity contribution is -0.110. The summed E-state index contributed by atoms with van der Waals surface area (Å²) < 4.78 is 18.3. The second-order valence-corrected chi connectivity index (χ2v) is 6.55. The van der Waals surface area contributed by atoms with Gasteiger partial charge in [0.1, 0.15) is 28.5 Å². The number of rotatable bonds is 5. The maximum absolute atomic E-state index is 13.0. The zero-order valence-electron chi connectivity index (χ0n) is 16.0. The summed E-state index contributed by atoms with van der Waals surface area (Å²) in [6.07, 6.45) is 1.64. The zero-order valence-corrected chi connectivity index (χ0v) is 16.0. The van der Waals surface area contributed by atoms with E-state index < -0.39 is 17.6 Å². The molecule has 1 aliphatic heterocycles. The first kappa shape index (κ1) is 19.3. The van der Waals surface area contributed by atoms with Crippen molar-refractivity contribution >= 4 is 23.2 Å². The first-order chi connectivity index (χ1) is 14.5. The summed E-state index contributed by atoms with van der Waals surface area (Å²) in [5.74, 6) is -1.00. The largest absolute Gasteiger partial charge is 0.360 e. The number of amides is 2. The van der Waals surface area contributed by atoms with Crippen LogP contribution in [0.1, 0.15) is 16.1 Å². The van der Waals surface area contributed by atoms with E-state index in [1.165, 1.54) is 24.3 Å². The predicted octanol–water partition coefficient (Wildman–Crippen LogP) is 3.50. The van der Waals surface area contributed by atoms with Crippen molar-refractivity contribution in [1.82, 2.24) is 10.5 Å². The number of aromatic nitrogens is 1. The van der Waals surface area contributed by atoms with Gasteiger partial charge >= 0.3 is 0 Å². The van der Waals surface area contributed by atoms with Gasteiger partial charge in [0.25, 0.3) is 11.8 Å². The molecule has 0 bridgehead atoms. The highest BCUT2D eigenvalue weighted by molar-refractivity contribution is 6.49. The quantitative estimate of drug-likeness (QED) is 0.680. The molecule has 30 heavy (non-hydrogen) atoms. The minimum atomic E-state index is -0.504. The second kappa shape index (κ2) is 8.12. The first-order valence-electron chi connectivity index (χ1n) is 9.18. The van der Waals surface area contributed by atoms with E-state index in [0.29, 0.717) is 22.8 Å². The van der Waals surface area contributed by atoms with Crippen molar-refractivity contribution in [3.63, 3.8) is 0 Å². The molecule has 0 fully saturated rings. The Kier molecular flexibility index (Phi) is 5.21. The number of aryl methyl sites for hydroxylation is 1. The molecule has 150 valence electrons. The fourth-order valence-corrected chi connectivity index (χ4v) is 3.06. The van der Waals surface area contributed by atoms with Crippen LogP contribution in [0.25, 0.3) is 11.3 Å². The fraction of sp³-hybridized carbons (Fsp3) is 0.0909. The number of nitrogens with zero attached hydrogens (tertiary/aromatic N) is 2. The molecule has 0 unspecified atom stereocenters. The van der Waals surface area contributed by atoms with Crippen LogP contribution in [0.3, 0.4) is 0 Å². The van der Waals surface area contributed by atoms with E-state index in [4.69, 9.17) is 4.52 Å². The molecule has 0 saturated carbocycles. The van der Waals surface area contributed by atoms with Gasteiger partial charge in [0, 0.05) is 11.3 Å². The van der Waals surface area contributed by atoms with Crippen LogP contribution in [0.5, 0.6) is 0 Å². The number of benzene rings is 2. The number of anilines is 1. The van der Waals surface area contributed by atoms with E-state index in [2.05, 4.69) is 20.8 Å². The third kappa shape index (κ3) is 3.88. The number of nitrogens with one attached hydrogen (secondary N) is 2. The fourth-order valence-electron chi connectivity index (χ4n) is 3.06. The van der Waals surface area contributed by atoms with E-state index in [1.54, 1.807) is 13.0 Å². The van der Waals surface area contributed by atoms with Crippen LogP contribution in [-0.4, -0.2) is 29.2 Å². The highest BCUT2D eigenvalue weighted by Gasteiger charge is 2.26. The number of halogens is 1. The third-order valence-electron chi connectivity index (χ3n) is 4.50. The molecule has 0 spiro atoms. The Balaban J connectivity index is 1.51. The minimum Gasteiger partial charge on any atom is -0.360 e. The van der Waals surface area contributed by atoms with E-state index in [0.717, 1.165) is 5.56 Å². The molecule has 7 nitrogen and oxygen atoms in total. The van der Waals surface area contributed by atoms with E-state index in [-0.39, 0.29) is 17.8 Å². The van der Waals surface area contributed by atoms with Crippen molar-refractivity contribution in [2.24, 2.45) is 4.99 Å². The van der Waals surface area contributed by atoms with Gasteiger partial charge in [-0.15, -0.1) is 0 Å². The van der Waals surface area contributed by atoms with Crippen LogP contribution in [0.2, 0.25) is 0 Å². The molecule has 3 aromatic rings. The minimum absolute atomic E-state index is 0.0862. The summed E-state index contributed by atoms with van der Waals surface area (Å²) in [7, 11) is 0. The maximum atomic E-state index is 13.0. The lowest BCUT2D eigenvalue weighted by Crippen LogP contribution is -2.33. The lowest BCUT2D eigenvalue weighted by atomic mass is 10.1. The molecule has 0 radical (unpaired) electrons. The van der Waals surface area contributed by atoms with E-state index in [9.17, 15) is 14.0 Å². The van der Waals surface area contributed by atoms with Crippen molar-refractivity contribution in [1.29, 1.82) is 0 Å². The van der Waals surface area contributed by atoms with Crippen molar-refractivity contribution in [2.45, 2.75) is 6.92 Å². The molecule has 2 aromatic carbocycles. The molecule has 2 heterocycles. The Morgan fingerprint density at radius 3 is 2.47 bits per heavy atom. The summed E-state index contributed by atoms with van der Waals surface area (Å²) >= 11 is 0. The van der Waals surface area contributed by atoms with Gasteiger partial charge in [0.05, 0.1) is 12.2 Å². The van der Waals surface area contributed by atoms with Crippen LogP contribution < -0.4 is 10.6 Å². The molecule has 0 atom stereocenters. The van der Waals surface area contributed by atoms with Crippen molar-refractivity contribution < 1.29 is 18.5 Å². The number of hydrogen-bond donors (Lipinski definition) is 2. The van der Waals surface area contributed by atoms with Crippen LogP contribution in [0.4, 0.5) is 10.1 Å². The highest BCUT2D eigenvalue weighted by atomic mass is 19.1. The monoisotopic (exact) mass is 404 g/mol. The highest BCUT2D eigenvalue weighted by Crippen LogP contribution is 2.25. The Morgan fingerprint density at radius 2 is 1.73 bits per heavy atom. The normalized spacial score (nSPS) is 12.9. The van der Waals surface area contributed by atoms with Crippen molar-refractivity contribution in [2.75, 3.05) is 11.9 Å². The Hall–Kier alpha value is -4.07. The molecular weight excluding hydrogens is 387 g/mol. The molecule has 1 aromatic heterocycles. The van der Waals surface area contributed by atoms with Gasteiger partial charge < -0.3 is 15.2 Å². The van der Waals surface area contributed by atoms with Gasteiger partial charge in [-0.3, -0.25) is 14.6 Å². The molecule has 4 rings (SSSR count). The summed E-state index contributed by atoms with van der Waals surface area (Å²) in [6.45, 7) is 1.91.